The summed E-state index contributed by atoms with van der Waals surface area (Å²) in [5.41, 5.74) is 0.351. The van der Waals surface area contributed by atoms with Crippen molar-refractivity contribution in [1.82, 2.24) is 10.6 Å². The lowest BCUT2D eigenvalue weighted by molar-refractivity contribution is -0.123. The first kappa shape index (κ1) is 15.8. The van der Waals surface area contributed by atoms with Crippen molar-refractivity contribution in [3.8, 4) is 6.07 Å². The van der Waals surface area contributed by atoms with E-state index in [1.807, 2.05) is 19.9 Å². The molecule has 0 radical (unpaired) electrons. The van der Waals surface area contributed by atoms with Crippen molar-refractivity contribution in [2.24, 2.45) is 5.92 Å². The van der Waals surface area contributed by atoms with Gasteiger partial charge in [0.05, 0.1) is 17.9 Å². The highest BCUT2D eigenvalue weighted by molar-refractivity contribution is 5.97. The molecule has 1 heterocycles. The van der Waals surface area contributed by atoms with Crippen molar-refractivity contribution in [2.75, 3.05) is 0 Å². The Bertz CT molecular complexity index is 488. The Morgan fingerprint density at radius 1 is 1.35 bits per heavy atom. The zero-order valence-electron chi connectivity index (χ0n) is 11.8. The minimum absolute atomic E-state index is 0.302. The molecule has 0 spiro atoms. The molecule has 0 aromatic carbocycles. The summed E-state index contributed by atoms with van der Waals surface area (Å²) in [5, 5.41) is 14.1. The fourth-order valence-corrected chi connectivity index (χ4v) is 1.65. The molecule has 0 aliphatic rings. The summed E-state index contributed by atoms with van der Waals surface area (Å²) >= 11 is 0. The highest BCUT2D eigenvalue weighted by Gasteiger charge is 2.20. The maximum absolute atomic E-state index is 11.9. The van der Waals surface area contributed by atoms with Gasteiger partial charge in [-0.05, 0) is 25.3 Å². The third-order valence-electron chi connectivity index (χ3n) is 2.70. The van der Waals surface area contributed by atoms with Gasteiger partial charge in [-0.25, -0.2) is 0 Å². The molecule has 2 N–H and O–H groups in total. The number of hydrogen-bond donors (Lipinski definition) is 2. The molecule has 2 atom stereocenters. The number of carbonyl (C=O) groups excluding carboxylic acids is 2. The van der Waals surface area contributed by atoms with Crippen LogP contribution in [-0.4, -0.2) is 23.9 Å². The van der Waals surface area contributed by atoms with E-state index in [9.17, 15) is 9.59 Å². The van der Waals surface area contributed by atoms with Gasteiger partial charge in [-0.1, -0.05) is 13.8 Å². The molecule has 0 bridgehead atoms. The third-order valence-corrected chi connectivity index (χ3v) is 2.70. The summed E-state index contributed by atoms with van der Waals surface area (Å²) in [6, 6.07) is 2.28. The smallest absolute Gasteiger partial charge is 0.255 e. The molecule has 6 heteroatoms. The lowest BCUT2D eigenvalue weighted by Gasteiger charge is -2.17. The summed E-state index contributed by atoms with van der Waals surface area (Å²) in [4.78, 5) is 23.6. The second kappa shape index (κ2) is 7.34. The van der Waals surface area contributed by atoms with Crippen LogP contribution in [0.4, 0.5) is 0 Å². The van der Waals surface area contributed by atoms with Crippen molar-refractivity contribution in [2.45, 2.75) is 39.3 Å². The summed E-state index contributed by atoms with van der Waals surface area (Å²) < 4.78 is 4.80. The minimum atomic E-state index is -0.722. The molecular weight excluding hydrogens is 258 g/mol. The van der Waals surface area contributed by atoms with E-state index in [2.05, 4.69) is 10.6 Å². The molecule has 0 saturated carbocycles. The van der Waals surface area contributed by atoms with Gasteiger partial charge in [0.2, 0.25) is 5.91 Å². The molecule has 0 fully saturated rings. The first-order valence-electron chi connectivity index (χ1n) is 6.47. The summed E-state index contributed by atoms with van der Waals surface area (Å²) in [7, 11) is 0. The van der Waals surface area contributed by atoms with Gasteiger partial charge in [0, 0.05) is 0 Å². The topological polar surface area (TPSA) is 95.1 Å². The lowest BCUT2D eigenvalue weighted by Crippen LogP contribution is -2.48. The molecule has 2 amide bonds. The van der Waals surface area contributed by atoms with E-state index in [-0.39, 0.29) is 5.91 Å². The van der Waals surface area contributed by atoms with Crippen LogP contribution in [0.3, 0.4) is 0 Å². The monoisotopic (exact) mass is 277 g/mol. The highest BCUT2D eigenvalue weighted by atomic mass is 16.3. The van der Waals surface area contributed by atoms with E-state index in [0.29, 0.717) is 17.9 Å². The van der Waals surface area contributed by atoms with Crippen molar-refractivity contribution in [3.05, 3.63) is 24.2 Å². The molecule has 6 nitrogen and oxygen atoms in total. The average molecular weight is 277 g/mol. The van der Waals surface area contributed by atoms with E-state index < -0.39 is 18.0 Å². The van der Waals surface area contributed by atoms with Crippen molar-refractivity contribution in [3.63, 3.8) is 0 Å². The van der Waals surface area contributed by atoms with Crippen LogP contribution in [0.2, 0.25) is 0 Å². The zero-order valence-corrected chi connectivity index (χ0v) is 11.8. The first-order chi connectivity index (χ1) is 9.43. The fraction of sp³-hybridized carbons (Fsp3) is 0.500. The van der Waals surface area contributed by atoms with Crippen molar-refractivity contribution >= 4 is 11.8 Å². The van der Waals surface area contributed by atoms with Crippen molar-refractivity contribution < 1.29 is 14.0 Å². The Hall–Kier alpha value is -2.29. The van der Waals surface area contributed by atoms with Gasteiger partial charge in [0.25, 0.3) is 5.91 Å². The van der Waals surface area contributed by atoms with Crippen LogP contribution < -0.4 is 10.6 Å². The molecule has 1 aromatic rings. The number of carbonyl (C=O) groups is 2. The Morgan fingerprint density at radius 3 is 2.55 bits per heavy atom. The van der Waals surface area contributed by atoms with Gasteiger partial charge in [-0.2, -0.15) is 5.26 Å². The zero-order chi connectivity index (χ0) is 15.1. The summed E-state index contributed by atoms with van der Waals surface area (Å²) in [6.07, 6.45) is 3.26. The Kier molecular flexibility index (Phi) is 5.78. The number of amides is 2. The van der Waals surface area contributed by atoms with Crippen LogP contribution >= 0.6 is 0 Å². The Balaban J connectivity index is 2.50. The normalized spacial score (nSPS) is 13.3. The summed E-state index contributed by atoms with van der Waals surface area (Å²) in [6.45, 7) is 5.51. The average Bonchev–Trinajstić information content (AvgIpc) is 2.90. The van der Waals surface area contributed by atoms with E-state index in [1.54, 1.807) is 6.92 Å². The van der Waals surface area contributed by atoms with Gasteiger partial charge in [0.1, 0.15) is 18.3 Å². The highest BCUT2D eigenvalue weighted by Crippen LogP contribution is 2.04. The van der Waals surface area contributed by atoms with E-state index in [1.165, 1.54) is 18.6 Å². The molecule has 0 aliphatic carbocycles. The molecule has 0 aliphatic heterocycles. The van der Waals surface area contributed by atoms with Crippen molar-refractivity contribution in [1.29, 1.82) is 5.26 Å². The van der Waals surface area contributed by atoms with Crippen LogP contribution in [0.5, 0.6) is 0 Å². The lowest BCUT2D eigenvalue weighted by atomic mass is 10.0. The van der Waals surface area contributed by atoms with Crippen LogP contribution in [0, 0.1) is 17.2 Å². The number of nitrogens with zero attached hydrogens (tertiary/aromatic N) is 1. The Morgan fingerprint density at radius 2 is 2.05 bits per heavy atom. The van der Waals surface area contributed by atoms with Gasteiger partial charge >= 0.3 is 0 Å². The predicted octanol–water partition coefficient (Wildman–Crippen LogP) is 1.45. The molecule has 1 aromatic heterocycles. The maximum atomic E-state index is 11.9. The molecule has 108 valence electrons. The molecule has 1 rings (SSSR count). The quantitative estimate of drug-likeness (QED) is 0.822. The first-order valence-corrected chi connectivity index (χ1v) is 6.47. The second-order valence-corrected chi connectivity index (χ2v) is 5.03. The summed E-state index contributed by atoms with van der Waals surface area (Å²) in [5.74, 6) is -0.469. The number of furan rings is 1. The van der Waals surface area contributed by atoms with Gasteiger partial charge in [0.15, 0.2) is 0 Å². The van der Waals surface area contributed by atoms with E-state index in [0.717, 1.165) is 0 Å². The molecule has 20 heavy (non-hydrogen) atoms. The largest absolute Gasteiger partial charge is 0.472 e. The standard InChI is InChI=1S/C14H19N3O3/c1-9(2)6-12(7-15)17-13(18)10(3)16-14(19)11-4-5-20-8-11/h4-5,8-10,12H,6H2,1-3H3,(H,16,19)(H,17,18)/t10-,12+/m0/s1. The number of nitriles is 1. The van der Waals surface area contributed by atoms with Crippen LogP contribution in [0.15, 0.2) is 23.0 Å². The van der Waals surface area contributed by atoms with Crippen LogP contribution in [-0.2, 0) is 4.79 Å². The van der Waals surface area contributed by atoms with E-state index >= 15 is 0 Å². The molecular formula is C14H19N3O3. The fourth-order valence-electron chi connectivity index (χ4n) is 1.65. The van der Waals surface area contributed by atoms with Crippen LogP contribution in [0.1, 0.15) is 37.6 Å². The second-order valence-electron chi connectivity index (χ2n) is 5.03. The van der Waals surface area contributed by atoms with E-state index in [4.69, 9.17) is 9.68 Å². The third kappa shape index (κ3) is 4.76. The van der Waals surface area contributed by atoms with Crippen LogP contribution in [0.25, 0.3) is 0 Å². The number of rotatable bonds is 6. The van der Waals surface area contributed by atoms with Gasteiger partial charge < -0.3 is 15.1 Å². The number of hydrogen-bond acceptors (Lipinski definition) is 4. The molecule has 0 unspecified atom stereocenters. The predicted molar refractivity (Wildman–Crippen MR) is 72.6 cm³/mol. The minimum Gasteiger partial charge on any atom is -0.472 e. The SMILES string of the molecule is CC(C)C[C@H](C#N)NC(=O)[C@H](C)NC(=O)c1ccoc1. The Labute approximate surface area is 118 Å². The van der Waals surface area contributed by atoms with Gasteiger partial charge in [-0.3, -0.25) is 9.59 Å². The molecule has 0 saturated heterocycles. The van der Waals surface area contributed by atoms with Gasteiger partial charge in [-0.15, -0.1) is 0 Å². The number of nitrogens with one attached hydrogen (secondary N) is 2. The maximum Gasteiger partial charge on any atom is 0.255 e.